The van der Waals surface area contributed by atoms with E-state index in [1.807, 2.05) is 35.2 Å². The number of ether oxygens (including phenoxy) is 1. The molecule has 1 aromatic carbocycles. The SMILES string of the molecule is O=C(O)CCSc1cnc(NC(=O)N(CCCOc2ccccc2)C2CCCCC2)s1. The molecule has 0 bridgehead atoms. The molecule has 0 unspecified atom stereocenters. The summed E-state index contributed by atoms with van der Waals surface area (Å²) in [6.45, 7) is 1.19. The zero-order valence-electron chi connectivity index (χ0n) is 17.5. The molecule has 1 aromatic heterocycles. The van der Waals surface area contributed by atoms with Gasteiger partial charge in [-0.2, -0.15) is 0 Å². The minimum atomic E-state index is -0.815. The third-order valence-corrected chi connectivity index (χ3v) is 7.20. The van der Waals surface area contributed by atoms with Crippen molar-refractivity contribution in [1.29, 1.82) is 0 Å². The lowest BCUT2D eigenvalue weighted by Crippen LogP contribution is -2.44. The van der Waals surface area contributed by atoms with Crippen LogP contribution in [0.3, 0.4) is 0 Å². The maximum atomic E-state index is 13.0. The number of carboxylic acids is 1. The van der Waals surface area contributed by atoms with E-state index in [1.165, 1.54) is 29.5 Å². The molecule has 1 aliphatic rings. The monoisotopic (exact) mass is 463 g/mol. The number of benzene rings is 1. The Balaban J connectivity index is 1.52. The highest BCUT2D eigenvalue weighted by Gasteiger charge is 2.25. The van der Waals surface area contributed by atoms with Crippen LogP contribution < -0.4 is 10.1 Å². The Morgan fingerprint density at radius 3 is 2.74 bits per heavy atom. The molecular formula is C22H29N3O4S2. The van der Waals surface area contributed by atoms with Gasteiger partial charge in [0.05, 0.1) is 23.4 Å². The largest absolute Gasteiger partial charge is 0.494 e. The Kier molecular flexibility index (Phi) is 9.48. The van der Waals surface area contributed by atoms with Crippen LogP contribution in [0.25, 0.3) is 0 Å². The molecule has 2 aromatic rings. The normalized spacial score (nSPS) is 14.2. The number of hydrogen-bond donors (Lipinski definition) is 2. The molecule has 1 saturated carbocycles. The first-order valence-corrected chi connectivity index (χ1v) is 12.5. The number of carbonyl (C=O) groups is 2. The van der Waals surface area contributed by atoms with Crippen molar-refractivity contribution in [2.75, 3.05) is 24.2 Å². The van der Waals surface area contributed by atoms with Crippen molar-refractivity contribution in [1.82, 2.24) is 9.88 Å². The van der Waals surface area contributed by atoms with E-state index in [0.29, 0.717) is 24.0 Å². The molecule has 2 N–H and O–H groups in total. The van der Waals surface area contributed by atoms with Crippen molar-refractivity contribution in [3.05, 3.63) is 36.5 Å². The molecule has 3 rings (SSSR count). The van der Waals surface area contributed by atoms with Gasteiger partial charge in [-0.15, -0.1) is 11.8 Å². The van der Waals surface area contributed by atoms with Gasteiger partial charge < -0.3 is 14.7 Å². The predicted octanol–water partition coefficient (Wildman–Crippen LogP) is 5.35. The fourth-order valence-corrected chi connectivity index (χ4v) is 5.44. The summed E-state index contributed by atoms with van der Waals surface area (Å²) < 4.78 is 6.69. The standard InChI is InChI=1S/C22H29N3O4S2/c26-19(27)12-15-30-20-16-23-21(31-20)24-22(28)25(17-8-3-1-4-9-17)13-7-14-29-18-10-5-2-6-11-18/h2,5-6,10-11,16-17H,1,3-4,7-9,12-15H2,(H,26,27)(H,23,24,28). The molecule has 168 valence electrons. The number of aromatic nitrogens is 1. The van der Waals surface area contributed by atoms with Crippen LogP contribution in [-0.4, -0.2) is 51.9 Å². The van der Waals surface area contributed by atoms with Gasteiger partial charge in [-0.05, 0) is 31.4 Å². The molecule has 1 fully saturated rings. The summed E-state index contributed by atoms with van der Waals surface area (Å²) in [7, 11) is 0. The Hall–Kier alpha value is -2.26. The highest BCUT2D eigenvalue weighted by molar-refractivity contribution is 8.01. The molecule has 0 saturated heterocycles. The van der Waals surface area contributed by atoms with E-state index in [-0.39, 0.29) is 18.5 Å². The van der Waals surface area contributed by atoms with Gasteiger partial charge in [0.25, 0.3) is 0 Å². The number of carboxylic acid groups (broad SMARTS) is 1. The van der Waals surface area contributed by atoms with Crippen LogP contribution >= 0.6 is 23.1 Å². The summed E-state index contributed by atoms with van der Waals surface area (Å²) >= 11 is 2.82. The fourth-order valence-electron chi connectivity index (χ4n) is 3.57. The molecule has 0 radical (unpaired) electrons. The van der Waals surface area contributed by atoms with Gasteiger partial charge in [-0.25, -0.2) is 9.78 Å². The number of urea groups is 1. The molecule has 7 nitrogen and oxygen atoms in total. The fraction of sp³-hybridized carbons (Fsp3) is 0.500. The maximum Gasteiger partial charge on any atom is 0.323 e. The number of nitrogens with one attached hydrogen (secondary N) is 1. The third-order valence-electron chi connectivity index (χ3n) is 5.09. The van der Waals surface area contributed by atoms with Crippen LogP contribution in [0.15, 0.2) is 40.7 Å². The molecule has 1 aliphatic carbocycles. The highest BCUT2D eigenvalue weighted by atomic mass is 32.2. The zero-order chi connectivity index (χ0) is 21.9. The first-order valence-electron chi connectivity index (χ1n) is 10.7. The summed E-state index contributed by atoms with van der Waals surface area (Å²) in [5.74, 6) is 0.511. The number of carbonyl (C=O) groups excluding carboxylic acids is 1. The van der Waals surface area contributed by atoms with Crippen molar-refractivity contribution < 1.29 is 19.4 Å². The molecule has 2 amide bonds. The van der Waals surface area contributed by atoms with Crippen LogP contribution in [0.1, 0.15) is 44.9 Å². The van der Waals surface area contributed by atoms with Gasteiger partial charge >= 0.3 is 12.0 Å². The quantitative estimate of drug-likeness (QED) is 0.345. The number of thioether (sulfide) groups is 1. The lowest BCUT2D eigenvalue weighted by molar-refractivity contribution is -0.136. The Bertz CT molecular complexity index is 825. The van der Waals surface area contributed by atoms with Crippen molar-refractivity contribution in [2.45, 2.75) is 55.2 Å². The maximum absolute atomic E-state index is 13.0. The Morgan fingerprint density at radius 1 is 1.23 bits per heavy atom. The minimum Gasteiger partial charge on any atom is -0.494 e. The van der Waals surface area contributed by atoms with E-state index in [4.69, 9.17) is 9.84 Å². The lowest BCUT2D eigenvalue weighted by atomic mass is 9.94. The molecule has 0 aliphatic heterocycles. The number of aliphatic carboxylic acids is 1. The van der Waals surface area contributed by atoms with Crippen LogP contribution in [0, 0.1) is 0 Å². The molecule has 9 heteroatoms. The number of anilines is 1. The second kappa shape index (κ2) is 12.6. The minimum absolute atomic E-state index is 0.102. The van der Waals surface area contributed by atoms with Crippen molar-refractivity contribution in [2.24, 2.45) is 0 Å². The van der Waals surface area contributed by atoms with Crippen LogP contribution in [-0.2, 0) is 4.79 Å². The van der Waals surface area contributed by atoms with E-state index in [0.717, 1.165) is 42.1 Å². The average molecular weight is 464 g/mol. The summed E-state index contributed by atoms with van der Waals surface area (Å²) in [6.07, 6.45) is 8.13. The van der Waals surface area contributed by atoms with Gasteiger partial charge in [0.1, 0.15) is 5.75 Å². The van der Waals surface area contributed by atoms with Gasteiger partial charge in [0.2, 0.25) is 0 Å². The topological polar surface area (TPSA) is 91.8 Å². The third kappa shape index (κ3) is 8.06. The number of para-hydroxylation sites is 1. The highest BCUT2D eigenvalue weighted by Crippen LogP contribution is 2.29. The van der Waals surface area contributed by atoms with Gasteiger partial charge in [0, 0.05) is 18.3 Å². The van der Waals surface area contributed by atoms with Crippen molar-refractivity contribution in [3.63, 3.8) is 0 Å². The van der Waals surface area contributed by atoms with Crippen molar-refractivity contribution in [3.8, 4) is 5.75 Å². The number of amides is 2. The first kappa shape index (κ1) is 23.4. The second-order valence-corrected chi connectivity index (χ2v) is 9.83. The lowest BCUT2D eigenvalue weighted by Gasteiger charge is -2.34. The van der Waals surface area contributed by atoms with E-state index >= 15 is 0 Å². The number of hydrogen-bond acceptors (Lipinski definition) is 6. The number of rotatable bonds is 11. The van der Waals surface area contributed by atoms with E-state index in [9.17, 15) is 9.59 Å². The van der Waals surface area contributed by atoms with Gasteiger partial charge in [-0.1, -0.05) is 48.8 Å². The zero-order valence-corrected chi connectivity index (χ0v) is 19.1. The summed E-state index contributed by atoms with van der Waals surface area (Å²) in [6, 6.07) is 9.83. The van der Waals surface area contributed by atoms with Crippen LogP contribution in [0.2, 0.25) is 0 Å². The van der Waals surface area contributed by atoms with E-state index < -0.39 is 5.97 Å². The van der Waals surface area contributed by atoms with Gasteiger partial charge in [0.15, 0.2) is 5.13 Å². The second-order valence-electron chi connectivity index (χ2n) is 7.41. The van der Waals surface area contributed by atoms with Crippen LogP contribution in [0.4, 0.5) is 9.93 Å². The molecule has 0 spiro atoms. The molecule has 1 heterocycles. The van der Waals surface area contributed by atoms with Gasteiger partial charge in [-0.3, -0.25) is 10.1 Å². The smallest absolute Gasteiger partial charge is 0.323 e. The van der Waals surface area contributed by atoms with E-state index in [1.54, 1.807) is 6.20 Å². The number of thiazole rings is 1. The van der Waals surface area contributed by atoms with Crippen LogP contribution in [0.5, 0.6) is 5.75 Å². The molecule has 31 heavy (non-hydrogen) atoms. The summed E-state index contributed by atoms with van der Waals surface area (Å²) in [5, 5.41) is 12.2. The molecular weight excluding hydrogens is 434 g/mol. The van der Waals surface area contributed by atoms with E-state index in [2.05, 4.69) is 10.3 Å². The summed E-state index contributed by atoms with van der Waals surface area (Å²) in [4.78, 5) is 29.9. The number of nitrogens with zero attached hydrogens (tertiary/aromatic N) is 2. The Morgan fingerprint density at radius 2 is 2.00 bits per heavy atom. The van der Waals surface area contributed by atoms with Crippen molar-refractivity contribution >= 4 is 40.2 Å². The molecule has 0 atom stereocenters. The predicted molar refractivity (Wildman–Crippen MR) is 124 cm³/mol. The summed E-state index contributed by atoms with van der Waals surface area (Å²) in [5.41, 5.74) is 0. The first-order chi connectivity index (χ1) is 15.1. The Labute approximate surface area is 191 Å². The average Bonchev–Trinajstić information content (AvgIpc) is 3.21.